The Morgan fingerprint density at radius 1 is 1.35 bits per heavy atom. The van der Waals surface area contributed by atoms with Gasteiger partial charge < -0.3 is 9.84 Å². The van der Waals surface area contributed by atoms with E-state index in [9.17, 15) is 4.79 Å². The molecule has 0 unspecified atom stereocenters. The van der Waals surface area contributed by atoms with Crippen LogP contribution in [-0.4, -0.2) is 22.2 Å². The zero-order chi connectivity index (χ0) is 12.4. The average Bonchev–Trinajstić information content (AvgIpc) is 2.28. The lowest BCUT2D eigenvalue weighted by Gasteiger charge is -2.12. The van der Waals surface area contributed by atoms with Gasteiger partial charge in [0.1, 0.15) is 11.3 Å². The maximum Gasteiger partial charge on any atom is 0.336 e. The molecule has 4 nitrogen and oxygen atoms in total. The van der Waals surface area contributed by atoms with Crippen molar-refractivity contribution < 1.29 is 14.6 Å². The maximum absolute atomic E-state index is 11.1. The molecular weight excluding hydrogens is 218 g/mol. The third-order valence-electron chi connectivity index (χ3n) is 2.33. The lowest BCUT2D eigenvalue weighted by Crippen LogP contribution is -2.07. The van der Waals surface area contributed by atoms with E-state index in [0.717, 1.165) is 0 Å². The Morgan fingerprint density at radius 2 is 2.12 bits per heavy atom. The predicted molar refractivity (Wildman–Crippen MR) is 64.5 cm³/mol. The molecule has 88 valence electrons. The van der Waals surface area contributed by atoms with Gasteiger partial charge in [-0.15, -0.1) is 0 Å². The normalized spacial score (nSPS) is 10.8. The minimum Gasteiger partial charge on any atom is -0.489 e. The fourth-order valence-electron chi connectivity index (χ4n) is 1.68. The van der Waals surface area contributed by atoms with E-state index in [1.54, 1.807) is 30.5 Å². The van der Waals surface area contributed by atoms with Crippen molar-refractivity contribution in [3.8, 4) is 5.75 Å². The summed E-state index contributed by atoms with van der Waals surface area (Å²) in [6, 6.07) is 6.65. The van der Waals surface area contributed by atoms with Crippen LogP contribution in [0.4, 0.5) is 0 Å². The average molecular weight is 231 g/mol. The lowest BCUT2D eigenvalue weighted by atomic mass is 10.1. The van der Waals surface area contributed by atoms with E-state index in [1.807, 2.05) is 13.8 Å². The van der Waals surface area contributed by atoms with Crippen LogP contribution in [0, 0.1) is 0 Å². The van der Waals surface area contributed by atoms with Crippen molar-refractivity contribution in [3.05, 3.63) is 36.0 Å². The standard InChI is InChI=1S/C13H13NO3/c1-8(2)17-11-6-5-10(13(15)16)9-4-3-7-14-12(9)11/h3-8H,1-2H3,(H,15,16). The quantitative estimate of drug-likeness (QED) is 0.882. The zero-order valence-electron chi connectivity index (χ0n) is 9.68. The number of hydrogen-bond donors (Lipinski definition) is 1. The Hall–Kier alpha value is -2.10. The second-order valence-electron chi connectivity index (χ2n) is 3.98. The Morgan fingerprint density at radius 3 is 2.76 bits per heavy atom. The summed E-state index contributed by atoms with van der Waals surface area (Å²) < 4.78 is 5.61. The van der Waals surface area contributed by atoms with Crippen LogP contribution in [-0.2, 0) is 0 Å². The number of nitrogens with zero attached hydrogens (tertiary/aromatic N) is 1. The molecule has 0 saturated heterocycles. The summed E-state index contributed by atoms with van der Waals surface area (Å²) in [6.45, 7) is 3.83. The molecule has 0 saturated carbocycles. The minimum absolute atomic E-state index is 0.0240. The summed E-state index contributed by atoms with van der Waals surface area (Å²) in [4.78, 5) is 15.3. The van der Waals surface area contributed by atoms with Crippen LogP contribution in [0.3, 0.4) is 0 Å². The molecule has 0 amide bonds. The predicted octanol–water partition coefficient (Wildman–Crippen LogP) is 2.72. The highest BCUT2D eigenvalue weighted by molar-refractivity contribution is 6.04. The number of benzene rings is 1. The van der Waals surface area contributed by atoms with Crippen molar-refractivity contribution in [3.63, 3.8) is 0 Å². The second kappa shape index (κ2) is 4.41. The van der Waals surface area contributed by atoms with Crippen molar-refractivity contribution in [1.29, 1.82) is 0 Å². The number of pyridine rings is 1. The summed E-state index contributed by atoms with van der Waals surface area (Å²) in [6.07, 6.45) is 1.65. The van der Waals surface area contributed by atoms with Gasteiger partial charge in [0.15, 0.2) is 0 Å². The Kier molecular flexibility index (Phi) is 2.95. The van der Waals surface area contributed by atoms with Crippen molar-refractivity contribution in [2.24, 2.45) is 0 Å². The van der Waals surface area contributed by atoms with Crippen LogP contribution in [0.1, 0.15) is 24.2 Å². The van der Waals surface area contributed by atoms with Gasteiger partial charge in [0.2, 0.25) is 0 Å². The highest BCUT2D eigenvalue weighted by Gasteiger charge is 2.13. The molecule has 4 heteroatoms. The van der Waals surface area contributed by atoms with Gasteiger partial charge in [-0.2, -0.15) is 0 Å². The molecule has 2 rings (SSSR count). The van der Waals surface area contributed by atoms with Crippen LogP contribution in [0.15, 0.2) is 30.5 Å². The number of ether oxygens (including phenoxy) is 1. The summed E-state index contributed by atoms with van der Waals surface area (Å²) >= 11 is 0. The summed E-state index contributed by atoms with van der Waals surface area (Å²) in [7, 11) is 0. The van der Waals surface area contributed by atoms with E-state index in [-0.39, 0.29) is 11.7 Å². The Balaban J connectivity index is 2.66. The molecule has 2 aromatic rings. The van der Waals surface area contributed by atoms with Crippen molar-refractivity contribution in [1.82, 2.24) is 4.98 Å². The second-order valence-corrected chi connectivity index (χ2v) is 3.98. The summed E-state index contributed by atoms with van der Waals surface area (Å²) in [5.41, 5.74) is 0.824. The number of hydrogen-bond acceptors (Lipinski definition) is 3. The molecule has 0 bridgehead atoms. The van der Waals surface area contributed by atoms with Crippen molar-refractivity contribution >= 4 is 16.9 Å². The van der Waals surface area contributed by atoms with E-state index in [2.05, 4.69) is 4.98 Å². The highest BCUT2D eigenvalue weighted by atomic mass is 16.5. The van der Waals surface area contributed by atoms with Crippen molar-refractivity contribution in [2.45, 2.75) is 20.0 Å². The highest BCUT2D eigenvalue weighted by Crippen LogP contribution is 2.27. The van der Waals surface area contributed by atoms with E-state index < -0.39 is 5.97 Å². The molecule has 1 N–H and O–H groups in total. The number of aromatic carboxylic acids is 1. The molecule has 1 heterocycles. The molecule has 0 aliphatic rings. The molecule has 1 aromatic carbocycles. The molecule has 0 fully saturated rings. The van der Waals surface area contributed by atoms with Crippen LogP contribution in [0.25, 0.3) is 10.9 Å². The van der Waals surface area contributed by atoms with Gasteiger partial charge in [-0.05, 0) is 32.0 Å². The topological polar surface area (TPSA) is 59.4 Å². The first kappa shape index (κ1) is 11.4. The first-order valence-corrected chi connectivity index (χ1v) is 5.37. The first-order valence-electron chi connectivity index (χ1n) is 5.37. The fourth-order valence-corrected chi connectivity index (χ4v) is 1.68. The molecular formula is C13H13NO3. The van der Waals surface area contributed by atoms with Crippen molar-refractivity contribution in [2.75, 3.05) is 0 Å². The monoisotopic (exact) mass is 231 g/mol. The van der Waals surface area contributed by atoms with Crippen LogP contribution in [0.2, 0.25) is 0 Å². The van der Waals surface area contributed by atoms with E-state index in [4.69, 9.17) is 9.84 Å². The summed E-state index contributed by atoms with van der Waals surface area (Å²) in [5.74, 6) is -0.348. The smallest absolute Gasteiger partial charge is 0.336 e. The molecule has 1 aromatic heterocycles. The lowest BCUT2D eigenvalue weighted by molar-refractivity contribution is 0.0699. The molecule has 17 heavy (non-hydrogen) atoms. The number of rotatable bonds is 3. The van der Waals surface area contributed by atoms with Crippen LogP contribution in [0.5, 0.6) is 5.75 Å². The van der Waals surface area contributed by atoms with E-state index in [1.165, 1.54) is 0 Å². The largest absolute Gasteiger partial charge is 0.489 e. The Labute approximate surface area is 98.9 Å². The number of carbonyl (C=O) groups is 1. The third-order valence-corrected chi connectivity index (χ3v) is 2.33. The number of aromatic nitrogens is 1. The summed E-state index contributed by atoms with van der Waals surface area (Å²) in [5, 5.41) is 9.68. The van der Waals surface area contributed by atoms with Gasteiger partial charge in [-0.3, -0.25) is 4.98 Å². The number of fused-ring (bicyclic) bond motifs is 1. The van der Waals surface area contributed by atoms with Gasteiger partial charge in [0.05, 0.1) is 11.7 Å². The van der Waals surface area contributed by atoms with E-state index in [0.29, 0.717) is 16.7 Å². The maximum atomic E-state index is 11.1. The van der Waals surface area contributed by atoms with Gasteiger partial charge in [-0.25, -0.2) is 4.79 Å². The number of carboxylic acid groups (broad SMARTS) is 1. The van der Waals surface area contributed by atoms with Gasteiger partial charge in [0.25, 0.3) is 0 Å². The molecule has 0 radical (unpaired) electrons. The SMILES string of the molecule is CC(C)Oc1ccc(C(=O)O)c2cccnc12. The molecule has 0 spiro atoms. The van der Waals surface area contributed by atoms with Gasteiger partial charge >= 0.3 is 5.97 Å². The zero-order valence-corrected chi connectivity index (χ0v) is 9.68. The fraction of sp³-hybridized carbons (Fsp3) is 0.231. The first-order chi connectivity index (χ1) is 8.09. The minimum atomic E-state index is -0.959. The van der Waals surface area contributed by atoms with Crippen LogP contribution < -0.4 is 4.74 Å². The van der Waals surface area contributed by atoms with E-state index >= 15 is 0 Å². The Bertz CT molecular complexity index is 564. The molecule has 0 aliphatic carbocycles. The van der Waals surface area contributed by atoms with Gasteiger partial charge in [0, 0.05) is 11.6 Å². The third kappa shape index (κ3) is 2.20. The molecule has 0 atom stereocenters. The van der Waals surface area contributed by atoms with Crippen LogP contribution >= 0.6 is 0 Å². The number of carboxylic acids is 1. The molecule has 0 aliphatic heterocycles. The van der Waals surface area contributed by atoms with Gasteiger partial charge in [-0.1, -0.05) is 6.07 Å².